The second kappa shape index (κ2) is 7.15. The summed E-state index contributed by atoms with van der Waals surface area (Å²) in [4.78, 5) is 3.85. The van der Waals surface area contributed by atoms with Crippen molar-refractivity contribution in [2.45, 2.75) is 30.9 Å². The van der Waals surface area contributed by atoms with Crippen molar-refractivity contribution < 1.29 is 21.6 Å². The van der Waals surface area contributed by atoms with E-state index in [9.17, 15) is 21.6 Å². The second-order valence-electron chi connectivity index (χ2n) is 5.90. The summed E-state index contributed by atoms with van der Waals surface area (Å²) in [5, 5.41) is 4.31. The molecule has 2 aromatic carbocycles. The van der Waals surface area contributed by atoms with E-state index in [0.717, 1.165) is 17.7 Å². The Hall–Kier alpha value is -2.68. The molecule has 0 fully saturated rings. The SMILES string of the molecule is CCc1nc(-c2cc(C)ccc2F)n(-c2ccc(S(=O)(=O)C(F)F)cc2)n1. The van der Waals surface area contributed by atoms with Crippen LogP contribution in [-0.4, -0.2) is 28.9 Å². The topological polar surface area (TPSA) is 64.8 Å². The lowest BCUT2D eigenvalue weighted by molar-refractivity contribution is 0.234. The van der Waals surface area contributed by atoms with Gasteiger partial charge in [0.15, 0.2) is 11.6 Å². The van der Waals surface area contributed by atoms with Gasteiger partial charge in [0.25, 0.3) is 0 Å². The maximum atomic E-state index is 14.3. The van der Waals surface area contributed by atoms with Gasteiger partial charge in [-0.3, -0.25) is 0 Å². The van der Waals surface area contributed by atoms with E-state index in [1.165, 1.54) is 22.9 Å². The summed E-state index contributed by atoms with van der Waals surface area (Å²) >= 11 is 0. The number of hydrogen-bond donors (Lipinski definition) is 0. The average molecular weight is 395 g/mol. The Bertz CT molecular complexity index is 1080. The molecule has 0 radical (unpaired) electrons. The van der Waals surface area contributed by atoms with Gasteiger partial charge in [-0.05, 0) is 43.3 Å². The highest BCUT2D eigenvalue weighted by molar-refractivity contribution is 7.91. The summed E-state index contributed by atoms with van der Waals surface area (Å²) in [6.45, 7) is 3.66. The fourth-order valence-corrected chi connectivity index (χ4v) is 3.27. The Kier molecular flexibility index (Phi) is 5.05. The van der Waals surface area contributed by atoms with Crippen LogP contribution in [0.1, 0.15) is 18.3 Å². The molecule has 0 saturated heterocycles. The molecule has 3 aromatic rings. The third kappa shape index (κ3) is 3.59. The Balaban J connectivity index is 2.13. The van der Waals surface area contributed by atoms with Crippen LogP contribution >= 0.6 is 0 Å². The van der Waals surface area contributed by atoms with E-state index >= 15 is 0 Å². The smallest absolute Gasteiger partial charge is 0.218 e. The Labute approximate surface area is 154 Å². The lowest BCUT2D eigenvalue weighted by Gasteiger charge is -2.09. The van der Waals surface area contributed by atoms with Crippen molar-refractivity contribution >= 4 is 9.84 Å². The fraction of sp³-hybridized carbons (Fsp3) is 0.222. The van der Waals surface area contributed by atoms with Gasteiger partial charge in [0.2, 0.25) is 9.84 Å². The molecule has 0 unspecified atom stereocenters. The van der Waals surface area contributed by atoms with E-state index in [1.54, 1.807) is 12.1 Å². The van der Waals surface area contributed by atoms with Crippen molar-refractivity contribution in [3.8, 4) is 17.1 Å². The van der Waals surface area contributed by atoms with E-state index in [4.69, 9.17) is 0 Å². The monoisotopic (exact) mass is 395 g/mol. The number of aromatic nitrogens is 3. The van der Waals surface area contributed by atoms with Crippen LogP contribution in [0.15, 0.2) is 47.4 Å². The van der Waals surface area contributed by atoms with Crippen LogP contribution in [0, 0.1) is 12.7 Å². The maximum Gasteiger partial charge on any atom is 0.341 e. The first-order valence-electron chi connectivity index (χ1n) is 8.09. The van der Waals surface area contributed by atoms with E-state index in [1.807, 2.05) is 13.8 Å². The van der Waals surface area contributed by atoms with Crippen LogP contribution in [0.2, 0.25) is 0 Å². The van der Waals surface area contributed by atoms with Gasteiger partial charge in [-0.1, -0.05) is 18.6 Å². The third-order valence-electron chi connectivity index (χ3n) is 3.97. The summed E-state index contributed by atoms with van der Waals surface area (Å²) in [6.07, 6.45) is 0.505. The average Bonchev–Trinajstić information content (AvgIpc) is 3.08. The van der Waals surface area contributed by atoms with Crippen LogP contribution in [0.3, 0.4) is 0 Å². The van der Waals surface area contributed by atoms with Crippen molar-refractivity contribution in [1.29, 1.82) is 0 Å². The first kappa shape index (κ1) is 19.1. The normalized spacial score (nSPS) is 11.9. The quantitative estimate of drug-likeness (QED) is 0.656. The third-order valence-corrected chi connectivity index (χ3v) is 5.37. The first-order chi connectivity index (χ1) is 12.7. The number of hydrogen-bond acceptors (Lipinski definition) is 4. The summed E-state index contributed by atoms with van der Waals surface area (Å²) in [5.74, 6) is -3.26. The lowest BCUT2D eigenvalue weighted by Crippen LogP contribution is -2.11. The van der Waals surface area contributed by atoms with Gasteiger partial charge in [0, 0.05) is 6.42 Å². The second-order valence-corrected chi connectivity index (χ2v) is 7.82. The largest absolute Gasteiger partial charge is 0.341 e. The van der Waals surface area contributed by atoms with Gasteiger partial charge in [0.05, 0.1) is 16.1 Å². The number of nitrogens with zero attached hydrogens (tertiary/aromatic N) is 3. The minimum absolute atomic E-state index is 0.242. The van der Waals surface area contributed by atoms with E-state index in [0.29, 0.717) is 17.9 Å². The number of benzene rings is 2. The van der Waals surface area contributed by atoms with Crippen LogP contribution in [0.25, 0.3) is 17.1 Å². The Morgan fingerprint density at radius 3 is 2.37 bits per heavy atom. The molecule has 0 N–H and O–H groups in total. The van der Waals surface area contributed by atoms with E-state index in [2.05, 4.69) is 10.1 Å². The number of alkyl halides is 2. The molecule has 1 aromatic heterocycles. The molecular formula is C18H16F3N3O2S. The molecule has 0 spiro atoms. The highest BCUT2D eigenvalue weighted by Crippen LogP contribution is 2.26. The number of halogens is 3. The maximum absolute atomic E-state index is 14.3. The van der Waals surface area contributed by atoms with Crippen molar-refractivity contribution in [1.82, 2.24) is 14.8 Å². The van der Waals surface area contributed by atoms with Gasteiger partial charge in [-0.15, -0.1) is 0 Å². The zero-order valence-electron chi connectivity index (χ0n) is 14.5. The molecule has 0 aliphatic carbocycles. The van der Waals surface area contributed by atoms with Crippen LogP contribution in [0.4, 0.5) is 13.2 Å². The molecule has 0 aliphatic rings. The van der Waals surface area contributed by atoms with Crippen LogP contribution in [0.5, 0.6) is 0 Å². The Morgan fingerprint density at radius 2 is 1.78 bits per heavy atom. The van der Waals surface area contributed by atoms with Crippen molar-refractivity contribution in [3.63, 3.8) is 0 Å². The predicted octanol–water partition coefficient (Wildman–Crippen LogP) is 3.94. The number of rotatable bonds is 5. The van der Waals surface area contributed by atoms with E-state index in [-0.39, 0.29) is 11.4 Å². The van der Waals surface area contributed by atoms with Crippen molar-refractivity contribution in [2.75, 3.05) is 0 Å². The summed E-state index contributed by atoms with van der Waals surface area (Å²) < 4.78 is 64.2. The summed E-state index contributed by atoms with van der Waals surface area (Å²) in [5.41, 5.74) is 1.45. The highest BCUT2D eigenvalue weighted by Gasteiger charge is 2.26. The minimum Gasteiger partial charge on any atom is -0.218 e. The van der Waals surface area contributed by atoms with Crippen molar-refractivity contribution in [2.24, 2.45) is 0 Å². The molecule has 142 valence electrons. The minimum atomic E-state index is -4.69. The number of aryl methyl sites for hydroxylation is 2. The zero-order chi connectivity index (χ0) is 19.8. The standard InChI is InChI=1S/C18H16F3N3O2S/c1-3-16-22-17(14-10-11(2)4-9-15(14)19)24(23-16)12-5-7-13(8-6-12)27(25,26)18(20)21/h4-10,18H,3H2,1-2H3. The van der Waals surface area contributed by atoms with E-state index < -0.39 is 26.3 Å². The lowest BCUT2D eigenvalue weighted by atomic mass is 10.1. The Morgan fingerprint density at radius 1 is 1.11 bits per heavy atom. The van der Waals surface area contributed by atoms with Crippen molar-refractivity contribution in [3.05, 3.63) is 59.7 Å². The molecule has 3 rings (SSSR count). The molecule has 1 heterocycles. The van der Waals surface area contributed by atoms with Gasteiger partial charge in [0.1, 0.15) is 5.82 Å². The summed E-state index contributed by atoms with van der Waals surface area (Å²) in [7, 11) is -4.69. The zero-order valence-corrected chi connectivity index (χ0v) is 15.3. The molecule has 0 atom stereocenters. The molecule has 0 amide bonds. The molecular weight excluding hydrogens is 379 g/mol. The van der Waals surface area contributed by atoms with Gasteiger partial charge < -0.3 is 0 Å². The van der Waals surface area contributed by atoms with Gasteiger partial charge in [-0.2, -0.15) is 13.9 Å². The summed E-state index contributed by atoms with van der Waals surface area (Å²) in [6, 6.07) is 9.39. The van der Waals surface area contributed by atoms with Crippen LogP contribution < -0.4 is 0 Å². The molecule has 0 aliphatic heterocycles. The molecule has 27 heavy (non-hydrogen) atoms. The molecule has 9 heteroatoms. The number of sulfone groups is 1. The first-order valence-corrected chi connectivity index (χ1v) is 9.63. The molecule has 5 nitrogen and oxygen atoms in total. The molecule has 0 bridgehead atoms. The van der Waals surface area contributed by atoms with Gasteiger partial charge in [-0.25, -0.2) is 22.5 Å². The van der Waals surface area contributed by atoms with Crippen LogP contribution in [-0.2, 0) is 16.3 Å². The molecule has 0 saturated carbocycles. The van der Waals surface area contributed by atoms with Gasteiger partial charge >= 0.3 is 5.76 Å². The highest BCUT2D eigenvalue weighted by atomic mass is 32.2. The predicted molar refractivity (Wildman–Crippen MR) is 94.1 cm³/mol. The fourth-order valence-electron chi connectivity index (χ4n) is 2.55.